The Morgan fingerprint density at radius 3 is 2.34 bits per heavy atom. The van der Waals surface area contributed by atoms with Crippen LogP contribution in [0, 0.1) is 11.3 Å². The molecular formula is C24H22F3N5O3. The van der Waals surface area contributed by atoms with Crippen LogP contribution in [-0.4, -0.2) is 58.0 Å². The number of carbonyl (C=O) groups excluding carboxylic acids is 1. The molecule has 0 N–H and O–H groups in total. The average molecular weight is 485 g/mol. The predicted octanol–water partition coefficient (Wildman–Crippen LogP) is 4.02. The van der Waals surface area contributed by atoms with Gasteiger partial charge in [0.05, 0.1) is 23.7 Å². The second-order valence-electron chi connectivity index (χ2n) is 7.95. The first-order valence-electron chi connectivity index (χ1n) is 10.8. The van der Waals surface area contributed by atoms with Crippen molar-refractivity contribution >= 4 is 6.09 Å². The number of amides is 1. The number of rotatable bonds is 6. The normalized spacial score (nSPS) is 14.4. The Balaban J connectivity index is 1.30. The van der Waals surface area contributed by atoms with E-state index >= 15 is 0 Å². The van der Waals surface area contributed by atoms with Gasteiger partial charge in [0.1, 0.15) is 0 Å². The minimum atomic E-state index is -4.89. The second-order valence-corrected chi connectivity index (χ2v) is 7.95. The Morgan fingerprint density at radius 2 is 1.69 bits per heavy atom. The van der Waals surface area contributed by atoms with Crippen LogP contribution in [0.3, 0.4) is 0 Å². The first kappa shape index (κ1) is 24.1. The van der Waals surface area contributed by atoms with E-state index in [4.69, 9.17) is 10.00 Å². The van der Waals surface area contributed by atoms with Crippen molar-refractivity contribution in [2.75, 3.05) is 26.2 Å². The van der Waals surface area contributed by atoms with Gasteiger partial charge < -0.3 is 18.9 Å². The van der Waals surface area contributed by atoms with Crippen LogP contribution < -0.4 is 9.47 Å². The van der Waals surface area contributed by atoms with E-state index in [2.05, 4.69) is 20.7 Å². The lowest BCUT2D eigenvalue weighted by atomic mass is 10.1. The van der Waals surface area contributed by atoms with E-state index < -0.39 is 18.2 Å². The standard InChI is InChI=1S/C24H22F3N5O3/c25-24(26,27)35-22-4-2-1-3-21(22)34-23(33)31-11-9-30(10-12-31)16-20-14-29-17-32(20)15-19-7-5-18(13-28)6-8-19/h1-8,14,17H,9-12,15-16H2. The summed E-state index contributed by atoms with van der Waals surface area (Å²) in [6.07, 6.45) is -2.07. The fraction of sp³-hybridized carbons (Fsp3) is 0.292. The van der Waals surface area contributed by atoms with Gasteiger partial charge >= 0.3 is 12.5 Å². The Labute approximate surface area is 199 Å². The molecule has 35 heavy (non-hydrogen) atoms. The highest BCUT2D eigenvalue weighted by Gasteiger charge is 2.33. The summed E-state index contributed by atoms with van der Waals surface area (Å²) in [6, 6.07) is 14.6. The zero-order chi connectivity index (χ0) is 24.8. The molecule has 1 amide bonds. The molecule has 1 saturated heterocycles. The van der Waals surface area contributed by atoms with E-state index in [1.165, 1.54) is 23.1 Å². The molecule has 0 aliphatic carbocycles. The number of piperazine rings is 1. The summed E-state index contributed by atoms with van der Waals surface area (Å²) in [4.78, 5) is 20.4. The number of hydrogen-bond donors (Lipinski definition) is 0. The lowest BCUT2D eigenvalue weighted by molar-refractivity contribution is -0.275. The molecule has 0 atom stereocenters. The minimum Gasteiger partial charge on any atom is -0.406 e. The van der Waals surface area contributed by atoms with Crippen LogP contribution in [0.2, 0.25) is 0 Å². The Hall–Kier alpha value is -4.04. The third-order valence-corrected chi connectivity index (χ3v) is 5.52. The molecule has 0 unspecified atom stereocenters. The van der Waals surface area contributed by atoms with Gasteiger partial charge in [-0.15, -0.1) is 13.2 Å². The highest BCUT2D eigenvalue weighted by atomic mass is 19.4. The molecule has 11 heteroatoms. The molecule has 1 aliphatic rings. The van der Waals surface area contributed by atoms with Gasteiger partial charge in [0.25, 0.3) is 0 Å². The van der Waals surface area contributed by atoms with Gasteiger partial charge in [-0.05, 0) is 29.8 Å². The SMILES string of the molecule is N#Cc1ccc(Cn2cncc2CN2CCN(C(=O)Oc3ccccc3OC(F)(F)F)CC2)cc1. The summed E-state index contributed by atoms with van der Waals surface area (Å²) < 4.78 is 48.9. The van der Waals surface area contributed by atoms with Crippen LogP contribution in [0.5, 0.6) is 11.5 Å². The van der Waals surface area contributed by atoms with Crippen molar-refractivity contribution in [1.82, 2.24) is 19.4 Å². The summed E-state index contributed by atoms with van der Waals surface area (Å²) in [7, 11) is 0. The molecule has 0 bridgehead atoms. The smallest absolute Gasteiger partial charge is 0.406 e. The Kier molecular flexibility index (Phi) is 7.22. The van der Waals surface area contributed by atoms with Crippen molar-refractivity contribution in [3.8, 4) is 17.6 Å². The van der Waals surface area contributed by atoms with Crippen LogP contribution in [0.1, 0.15) is 16.8 Å². The Bertz CT molecular complexity index is 1200. The van der Waals surface area contributed by atoms with Crippen molar-refractivity contribution in [2.24, 2.45) is 0 Å². The van der Waals surface area contributed by atoms with Crippen molar-refractivity contribution < 1.29 is 27.4 Å². The van der Waals surface area contributed by atoms with Gasteiger partial charge in [0, 0.05) is 45.5 Å². The molecule has 2 aromatic carbocycles. The molecule has 0 radical (unpaired) electrons. The second kappa shape index (κ2) is 10.5. The van der Waals surface area contributed by atoms with E-state index in [0.717, 1.165) is 17.3 Å². The highest BCUT2D eigenvalue weighted by molar-refractivity contribution is 5.71. The molecule has 0 saturated carbocycles. The summed E-state index contributed by atoms with van der Waals surface area (Å²) in [5.74, 6) is -0.855. The van der Waals surface area contributed by atoms with Crippen molar-refractivity contribution in [2.45, 2.75) is 19.5 Å². The van der Waals surface area contributed by atoms with E-state index in [1.54, 1.807) is 24.7 Å². The van der Waals surface area contributed by atoms with Crippen molar-refractivity contribution in [1.29, 1.82) is 5.26 Å². The average Bonchev–Trinajstić information content (AvgIpc) is 3.26. The molecule has 0 spiro atoms. The number of carbonyl (C=O) groups is 1. The number of nitrogens with zero attached hydrogens (tertiary/aromatic N) is 5. The van der Waals surface area contributed by atoms with E-state index in [9.17, 15) is 18.0 Å². The maximum Gasteiger partial charge on any atom is 0.573 e. The van der Waals surface area contributed by atoms with Gasteiger partial charge in [-0.3, -0.25) is 4.90 Å². The molecule has 3 aromatic rings. The quantitative estimate of drug-likeness (QED) is 0.525. The number of halogens is 3. The first-order valence-corrected chi connectivity index (χ1v) is 10.8. The third-order valence-electron chi connectivity index (χ3n) is 5.52. The van der Waals surface area contributed by atoms with Gasteiger partial charge in [-0.25, -0.2) is 9.78 Å². The molecule has 182 valence electrons. The van der Waals surface area contributed by atoms with Crippen LogP contribution in [0.25, 0.3) is 0 Å². The lowest BCUT2D eigenvalue weighted by Crippen LogP contribution is -2.49. The molecule has 1 aliphatic heterocycles. The van der Waals surface area contributed by atoms with Gasteiger partial charge in [0.15, 0.2) is 11.5 Å². The summed E-state index contributed by atoms with van der Waals surface area (Å²) >= 11 is 0. The van der Waals surface area contributed by atoms with E-state index in [0.29, 0.717) is 44.8 Å². The Morgan fingerprint density at radius 1 is 1.00 bits per heavy atom. The third kappa shape index (κ3) is 6.51. The highest BCUT2D eigenvalue weighted by Crippen LogP contribution is 2.32. The summed E-state index contributed by atoms with van der Waals surface area (Å²) in [5, 5.41) is 8.94. The zero-order valence-corrected chi connectivity index (χ0v) is 18.6. The number of benzene rings is 2. The van der Waals surface area contributed by atoms with Crippen LogP contribution in [0.15, 0.2) is 61.1 Å². The zero-order valence-electron chi connectivity index (χ0n) is 18.6. The fourth-order valence-electron chi connectivity index (χ4n) is 3.72. The number of nitriles is 1. The summed E-state index contributed by atoms with van der Waals surface area (Å²) in [5.41, 5.74) is 2.65. The first-order chi connectivity index (χ1) is 16.8. The van der Waals surface area contributed by atoms with Gasteiger partial charge in [-0.1, -0.05) is 24.3 Å². The molecule has 1 aromatic heterocycles. The van der Waals surface area contributed by atoms with E-state index in [-0.39, 0.29) is 5.75 Å². The van der Waals surface area contributed by atoms with Crippen LogP contribution in [0.4, 0.5) is 18.0 Å². The minimum absolute atomic E-state index is 0.288. The molecule has 2 heterocycles. The van der Waals surface area contributed by atoms with Crippen LogP contribution >= 0.6 is 0 Å². The number of ether oxygens (including phenoxy) is 2. The fourth-order valence-corrected chi connectivity index (χ4v) is 3.72. The molecule has 1 fully saturated rings. The van der Waals surface area contributed by atoms with Gasteiger partial charge in [0.2, 0.25) is 0 Å². The summed E-state index contributed by atoms with van der Waals surface area (Å²) in [6.45, 7) is 3.11. The van der Waals surface area contributed by atoms with Gasteiger partial charge in [-0.2, -0.15) is 5.26 Å². The molecule has 8 nitrogen and oxygen atoms in total. The monoisotopic (exact) mass is 485 g/mol. The largest absolute Gasteiger partial charge is 0.573 e. The number of imidazole rings is 1. The number of alkyl halides is 3. The van der Waals surface area contributed by atoms with Crippen LogP contribution in [-0.2, 0) is 13.1 Å². The lowest BCUT2D eigenvalue weighted by Gasteiger charge is -2.34. The predicted molar refractivity (Wildman–Crippen MR) is 118 cm³/mol. The molecule has 4 rings (SSSR count). The number of hydrogen-bond acceptors (Lipinski definition) is 6. The number of para-hydroxylation sites is 2. The van der Waals surface area contributed by atoms with Crippen molar-refractivity contribution in [3.63, 3.8) is 0 Å². The van der Waals surface area contributed by atoms with E-state index in [1.807, 2.05) is 16.7 Å². The maximum absolute atomic E-state index is 12.6. The topological polar surface area (TPSA) is 83.6 Å². The molecular weight excluding hydrogens is 463 g/mol. The van der Waals surface area contributed by atoms with Crippen molar-refractivity contribution in [3.05, 3.63) is 77.9 Å². The maximum atomic E-state index is 12.6. The number of aromatic nitrogens is 2.